The standard InChI is InChI=1S/C13H25NO/c1-15-11-10-14-12-4-8-13(9-5-12)6-2-3-7-13/h12,14H,2-11H2,1H3. The Balaban J connectivity index is 1.67. The SMILES string of the molecule is COCCNC1CCC2(CCCC2)CC1. The molecule has 0 aromatic heterocycles. The summed E-state index contributed by atoms with van der Waals surface area (Å²) < 4.78 is 5.06. The van der Waals surface area contributed by atoms with Gasteiger partial charge in [-0.15, -0.1) is 0 Å². The fourth-order valence-corrected chi connectivity index (χ4v) is 3.42. The molecule has 0 saturated heterocycles. The Bertz CT molecular complexity index is 177. The fraction of sp³-hybridized carbons (Fsp3) is 1.00. The molecule has 2 fully saturated rings. The second-order valence-corrected chi connectivity index (χ2v) is 5.43. The Hall–Kier alpha value is -0.0800. The van der Waals surface area contributed by atoms with E-state index in [4.69, 9.17) is 4.74 Å². The molecule has 1 N–H and O–H groups in total. The summed E-state index contributed by atoms with van der Waals surface area (Å²) in [4.78, 5) is 0. The number of methoxy groups -OCH3 is 1. The molecule has 0 bridgehead atoms. The summed E-state index contributed by atoms with van der Waals surface area (Å²) in [6, 6.07) is 0.770. The van der Waals surface area contributed by atoms with Gasteiger partial charge in [-0.2, -0.15) is 0 Å². The first-order chi connectivity index (χ1) is 7.35. The van der Waals surface area contributed by atoms with Crippen LogP contribution in [0.1, 0.15) is 51.4 Å². The summed E-state index contributed by atoms with van der Waals surface area (Å²) in [5, 5.41) is 3.60. The minimum atomic E-state index is 0.770. The molecule has 2 heteroatoms. The molecule has 1 spiro atoms. The van der Waals surface area contributed by atoms with Crippen molar-refractivity contribution in [2.75, 3.05) is 20.3 Å². The molecule has 2 saturated carbocycles. The molecule has 0 unspecified atom stereocenters. The van der Waals surface area contributed by atoms with Gasteiger partial charge in [0.25, 0.3) is 0 Å². The van der Waals surface area contributed by atoms with Crippen LogP contribution in [0, 0.1) is 5.41 Å². The summed E-state index contributed by atoms with van der Waals surface area (Å²) in [6.45, 7) is 1.87. The number of hydrogen-bond donors (Lipinski definition) is 1. The summed E-state index contributed by atoms with van der Waals surface area (Å²) in [6.07, 6.45) is 11.7. The van der Waals surface area contributed by atoms with Crippen molar-refractivity contribution in [2.45, 2.75) is 57.4 Å². The third-order valence-corrected chi connectivity index (χ3v) is 4.45. The van der Waals surface area contributed by atoms with E-state index in [0.29, 0.717) is 0 Å². The maximum Gasteiger partial charge on any atom is 0.0587 e. The number of ether oxygens (including phenoxy) is 1. The molecule has 0 radical (unpaired) electrons. The van der Waals surface area contributed by atoms with Crippen LogP contribution in [0.15, 0.2) is 0 Å². The van der Waals surface area contributed by atoms with E-state index in [2.05, 4.69) is 5.32 Å². The van der Waals surface area contributed by atoms with Crippen molar-refractivity contribution in [3.8, 4) is 0 Å². The zero-order chi connectivity index (χ0) is 10.6. The van der Waals surface area contributed by atoms with Crippen molar-refractivity contribution in [2.24, 2.45) is 5.41 Å². The van der Waals surface area contributed by atoms with Crippen molar-refractivity contribution in [1.29, 1.82) is 0 Å². The molecular formula is C13H25NO. The molecule has 88 valence electrons. The quantitative estimate of drug-likeness (QED) is 0.722. The molecule has 2 aliphatic carbocycles. The van der Waals surface area contributed by atoms with Crippen LogP contribution < -0.4 is 5.32 Å². The smallest absolute Gasteiger partial charge is 0.0587 e. The molecule has 2 nitrogen and oxygen atoms in total. The maximum atomic E-state index is 5.06. The van der Waals surface area contributed by atoms with E-state index < -0.39 is 0 Å². The van der Waals surface area contributed by atoms with E-state index in [1.54, 1.807) is 7.11 Å². The third-order valence-electron chi connectivity index (χ3n) is 4.45. The topological polar surface area (TPSA) is 21.3 Å². The molecule has 0 aromatic rings. The highest BCUT2D eigenvalue weighted by atomic mass is 16.5. The van der Waals surface area contributed by atoms with E-state index in [-0.39, 0.29) is 0 Å². The molecule has 0 aliphatic heterocycles. The average Bonchev–Trinajstić information content (AvgIpc) is 2.71. The lowest BCUT2D eigenvalue weighted by Gasteiger charge is -2.37. The van der Waals surface area contributed by atoms with Gasteiger partial charge in [0.1, 0.15) is 0 Å². The summed E-state index contributed by atoms with van der Waals surface area (Å²) >= 11 is 0. The van der Waals surface area contributed by atoms with Crippen molar-refractivity contribution in [3.63, 3.8) is 0 Å². The van der Waals surface area contributed by atoms with Gasteiger partial charge in [-0.1, -0.05) is 12.8 Å². The lowest BCUT2D eigenvalue weighted by atomic mass is 9.71. The highest BCUT2D eigenvalue weighted by molar-refractivity contribution is 4.91. The summed E-state index contributed by atoms with van der Waals surface area (Å²) in [5.74, 6) is 0. The third kappa shape index (κ3) is 2.94. The van der Waals surface area contributed by atoms with E-state index >= 15 is 0 Å². The van der Waals surface area contributed by atoms with E-state index in [0.717, 1.165) is 24.6 Å². The second-order valence-electron chi connectivity index (χ2n) is 5.43. The molecule has 0 amide bonds. The van der Waals surface area contributed by atoms with E-state index in [1.807, 2.05) is 0 Å². The predicted molar refractivity (Wildman–Crippen MR) is 63.0 cm³/mol. The molecule has 0 aromatic carbocycles. The first-order valence-corrected chi connectivity index (χ1v) is 6.57. The Morgan fingerprint density at radius 2 is 1.80 bits per heavy atom. The molecule has 2 aliphatic rings. The summed E-state index contributed by atoms with van der Waals surface area (Å²) in [5.41, 5.74) is 0.777. The zero-order valence-corrected chi connectivity index (χ0v) is 10.1. The number of rotatable bonds is 4. The highest BCUT2D eigenvalue weighted by Gasteiger charge is 2.37. The average molecular weight is 211 g/mol. The lowest BCUT2D eigenvalue weighted by Crippen LogP contribution is -2.38. The number of nitrogens with one attached hydrogen (secondary N) is 1. The minimum Gasteiger partial charge on any atom is -0.383 e. The van der Waals surface area contributed by atoms with Crippen LogP contribution in [0.25, 0.3) is 0 Å². The summed E-state index contributed by atoms with van der Waals surface area (Å²) in [7, 11) is 1.77. The van der Waals surface area contributed by atoms with Crippen LogP contribution in [-0.4, -0.2) is 26.3 Å². The van der Waals surface area contributed by atoms with Crippen molar-refractivity contribution in [1.82, 2.24) is 5.32 Å². The van der Waals surface area contributed by atoms with Crippen LogP contribution in [0.4, 0.5) is 0 Å². The molecule has 0 heterocycles. The van der Waals surface area contributed by atoms with Crippen LogP contribution in [0.2, 0.25) is 0 Å². The lowest BCUT2D eigenvalue weighted by molar-refractivity contribution is 0.155. The Morgan fingerprint density at radius 1 is 1.13 bits per heavy atom. The van der Waals surface area contributed by atoms with Gasteiger partial charge >= 0.3 is 0 Å². The molecule has 0 atom stereocenters. The highest BCUT2D eigenvalue weighted by Crippen LogP contribution is 2.48. The maximum absolute atomic E-state index is 5.06. The Kier molecular flexibility index (Phi) is 4.04. The molecular weight excluding hydrogens is 186 g/mol. The van der Waals surface area contributed by atoms with Crippen LogP contribution in [0.5, 0.6) is 0 Å². The van der Waals surface area contributed by atoms with Crippen LogP contribution in [-0.2, 0) is 4.74 Å². The van der Waals surface area contributed by atoms with E-state index in [1.165, 1.54) is 51.4 Å². The fourth-order valence-electron chi connectivity index (χ4n) is 3.42. The van der Waals surface area contributed by atoms with Gasteiger partial charge in [-0.05, 0) is 43.9 Å². The van der Waals surface area contributed by atoms with Gasteiger partial charge in [-0.3, -0.25) is 0 Å². The van der Waals surface area contributed by atoms with Gasteiger partial charge in [0.05, 0.1) is 6.61 Å². The normalized spacial score (nSPS) is 26.2. The molecule has 2 rings (SSSR count). The number of hydrogen-bond acceptors (Lipinski definition) is 2. The Labute approximate surface area is 93.8 Å². The second kappa shape index (κ2) is 5.31. The molecule has 15 heavy (non-hydrogen) atoms. The first-order valence-electron chi connectivity index (χ1n) is 6.57. The van der Waals surface area contributed by atoms with Gasteiger partial charge in [0.15, 0.2) is 0 Å². The van der Waals surface area contributed by atoms with Crippen molar-refractivity contribution >= 4 is 0 Å². The van der Waals surface area contributed by atoms with Gasteiger partial charge < -0.3 is 10.1 Å². The zero-order valence-electron chi connectivity index (χ0n) is 10.1. The van der Waals surface area contributed by atoms with Crippen molar-refractivity contribution < 1.29 is 4.74 Å². The predicted octanol–water partition coefficient (Wildman–Crippen LogP) is 2.73. The van der Waals surface area contributed by atoms with Gasteiger partial charge in [0.2, 0.25) is 0 Å². The van der Waals surface area contributed by atoms with Crippen molar-refractivity contribution in [3.05, 3.63) is 0 Å². The first kappa shape index (κ1) is 11.4. The van der Waals surface area contributed by atoms with E-state index in [9.17, 15) is 0 Å². The van der Waals surface area contributed by atoms with Crippen LogP contribution >= 0.6 is 0 Å². The van der Waals surface area contributed by atoms with Gasteiger partial charge in [0, 0.05) is 19.7 Å². The monoisotopic (exact) mass is 211 g/mol. The van der Waals surface area contributed by atoms with Crippen LogP contribution in [0.3, 0.4) is 0 Å². The largest absolute Gasteiger partial charge is 0.383 e. The Morgan fingerprint density at radius 3 is 2.40 bits per heavy atom. The minimum absolute atomic E-state index is 0.770. The van der Waals surface area contributed by atoms with Gasteiger partial charge in [-0.25, -0.2) is 0 Å².